The number of halogens is 1. The molecule has 0 bridgehead atoms. The van der Waals surface area contributed by atoms with Crippen LogP contribution in [0.15, 0.2) is 0 Å². The van der Waals surface area contributed by atoms with Crippen LogP contribution in [0.4, 0.5) is 4.39 Å². The van der Waals surface area contributed by atoms with Crippen molar-refractivity contribution in [3.05, 3.63) is 0 Å². The SMILES string of the molecule is CC(C)C.NC(=O)CN1CC[C@@H](F)C1. The van der Waals surface area contributed by atoms with Gasteiger partial charge in [0.15, 0.2) is 0 Å². The molecule has 1 amide bonds. The number of likely N-dealkylation sites (tertiary alicyclic amines) is 1. The van der Waals surface area contributed by atoms with E-state index in [2.05, 4.69) is 20.8 Å². The molecule has 0 aromatic carbocycles. The molecule has 1 rings (SSSR count). The largest absolute Gasteiger partial charge is 0.369 e. The van der Waals surface area contributed by atoms with Gasteiger partial charge in [0, 0.05) is 13.1 Å². The van der Waals surface area contributed by atoms with E-state index in [-0.39, 0.29) is 12.5 Å². The summed E-state index contributed by atoms with van der Waals surface area (Å²) in [4.78, 5) is 12.0. The van der Waals surface area contributed by atoms with Crippen molar-refractivity contribution in [2.24, 2.45) is 11.7 Å². The van der Waals surface area contributed by atoms with Crippen molar-refractivity contribution in [3.63, 3.8) is 0 Å². The number of alkyl halides is 1. The number of nitrogens with zero attached hydrogens (tertiary/aromatic N) is 1. The molecule has 1 aliphatic heterocycles. The number of hydrogen-bond donors (Lipinski definition) is 1. The lowest BCUT2D eigenvalue weighted by atomic mass is 10.3. The van der Waals surface area contributed by atoms with Crippen LogP contribution >= 0.6 is 0 Å². The van der Waals surface area contributed by atoms with E-state index in [1.165, 1.54) is 0 Å². The number of amides is 1. The van der Waals surface area contributed by atoms with Gasteiger partial charge in [-0.3, -0.25) is 9.69 Å². The highest BCUT2D eigenvalue weighted by Gasteiger charge is 2.22. The molecule has 3 nitrogen and oxygen atoms in total. The molecular formula is C10H21FN2O. The first-order valence-corrected chi connectivity index (χ1v) is 5.06. The molecule has 1 fully saturated rings. The van der Waals surface area contributed by atoms with Crippen LogP contribution in [0.3, 0.4) is 0 Å². The maximum absolute atomic E-state index is 12.4. The van der Waals surface area contributed by atoms with Gasteiger partial charge in [-0.2, -0.15) is 0 Å². The molecule has 0 unspecified atom stereocenters. The summed E-state index contributed by atoms with van der Waals surface area (Å²) in [6.45, 7) is 7.72. The average Bonchev–Trinajstić information content (AvgIpc) is 2.32. The topological polar surface area (TPSA) is 46.3 Å². The highest BCUT2D eigenvalue weighted by molar-refractivity contribution is 5.75. The van der Waals surface area contributed by atoms with Gasteiger partial charge in [-0.25, -0.2) is 4.39 Å². The van der Waals surface area contributed by atoms with Crippen LogP contribution in [-0.4, -0.2) is 36.6 Å². The summed E-state index contributed by atoms with van der Waals surface area (Å²) in [5.41, 5.74) is 4.91. The summed E-state index contributed by atoms with van der Waals surface area (Å²) in [5, 5.41) is 0. The summed E-state index contributed by atoms with van der Waals surface area (Å²) >= 11 is 0. The van der Waals surface area contributed by atoms with Crippen LogP contribution in [0, 0.1) is 5.92 Å². The van der Waals surface area contributed by atoms with Crippen molar-refractivity contribution < 1.29 is 9.18 Å². The van der Waals surface area contributed by atoms with Gasteiger partial charge in [0.25, 0.3) is 0 Å². The van der Waals surface area contributed by atoms with Crippen molar-refractivity contribution in [2.45, 2.75) is 33.4 Å². The second-order valence-electron chi connectivity index (χ2n) is 4.32. The minimum absolute atomic E-state index is 0.195. The van der Waals surface area contributed by atoms with Crippen molar-refractivity contribution in [3.8, 4) is 0 Å². The minimum Gasteiger partial charge on any atom is -0.369 e. The molecule has 1 atom stereocenters. The number of primary amides is 1. The Morgan fingerprint density at radius 2 is 2.07 bits per heavy atom. The van der Waals surface area contributed by atoms with E-state index in [4.69, 9.17) is 5.73 Å². The van der Waals surface area contributed by atoms with Crippen LogP contribution < -0.4 is 5.73 Å². The predicted octanol–water partition coefficient (Wildman–Crippen LogP) is 1.18. The molecule has 4 heteroatoms. The maximum atomic E-state index is 12.4. The zero-order chi connectivity index (χ0) is 11.1. The summed E-state index contributed by atoms with van der Waals surface area (Å²) in [6, 6.07) is 0. The third-order valence-corrected chi connectivity index (χ3v) is 1.59. The monoisotopic (exact) mass is 204 g/mol. The van der Waals surface area contributed by atoms with Crippen LogP contribution in [0.25, 0.3) is 0 Å². The third kappa shape index (κ3) is 7.98. The summed E-state index contributed by atoms with van der Waals surface area (Å²) < 4.78 is 12.4. The second-order valence-corrected chi connectivity index (χ2v) is 4.32. The Balaban J connectivity index is 0.000000364. The Morgan fingerprint density at radius 1 is 1.57 bits per heavy atom. The maximum Gasteiger partial charge on any atom is 0.231 e. The molecule has 1 heterocycles. The molecule has 0 spiro atoms. The molecule has 1 saturated heterocycles. The van der Waals surface area contributed by atoms with E-state index in [0.29, 0.717) is 19.5 Å². The van der Waals surface area contributed by atoms with Gasteiger partial charge < -0.3 is 5.73 Å². The lowest BCUT2D eigenvalue weighted by molar-refractivity contribution is -0.118. The molecule has 14 heavy (non-hydrogen) atoms. The molecule has 0 aliphatic carbocycles. The molecule has 0 radical (unpaired) electrons. The Morgan fingerprint density at radius 3 is 2.36 bits per heavy atom. The van der Waals surface area contributed by atoms with Crippen LogP contribution in [0.5, 0.6) is 0 Å². The summed E-state index contributed by atoms with van der Waals surface area (Å²) in [7, 11) is 0. The molecule has 0 aromatic heterocycles. The lowest BCUT2D eigenvalue weighted by Gasteiger charge is -2.10. The lowest BCUT2D eigenvalue weighted by Crippen LogP contribution is -2.32. The molecule has 84 valence electrons. The fourth-order valence-corrected chi connectivity index (χ4v) is 1.15. The highest BCUT2D eigenvalue weighted by Crippen LogP contribution is 2.10. The number of carbonyl (C=O) groups is 1. The first-order chi connectivity index (χ1) is 6.41. The van der Waals surface area contributed by atoms with Gasteiger partial charge in [-0.15, -0.1) is 0 Å². The van der Waals surface area contributed by atoms with E-state index in [1.54, 1.807) is 4.90 Å². The normalized spacial score (nSPS) is 21.9. The quantitative estimate of drug-likeness (QED) is 0.734. The Hall–Kier alpha value is -0.640. The summed E-state index contributed by atoms with van der Waals surface area (Å²) in [6.07, 6.45) is -0.229. The molecule has 2 N–H and O–H groups in total. The molecular weight excluding hydrogens is 183 g/mol. The van der Waals surface area contributed by atoms with Gasteiger partial charge in [0.2, 0.25) is 5.91 Å². The molecule has 1 aliphatic rings. The Labute approximate surface area is 85.5 Å². The van der Waals surface area contributed by atoms with E-state index in [1.807, 2.05) is 0 Å². The van der Waals surface area contributed by atoms with Gasteiger partial charge in [0.05, 0.1) is 6.54 Å². The summed E-state index contributed by atoms with van der Waals surface area (Å²) in [5.74, 6) is 0.453. The average molecular weight is 204 g/mol. The van der Waals surface area contributed by atoms with Crippen molar-refractivity contribution in [1.82, 2.24) is 4.90 Å². The number of rotatable bonds is 2. The van der Waals surface area contributed by atoms with Gasteiger partial charge in [0.1, 0.15) is 6.17 Å². The van der Waals surface area contributed by atoms with Crippen molar-refractivity contribution in [1.29, 1.82) is 0 Å². The zero-order valence-corrected chi connectivity index (χ0v) is 9.29. The van der Waals surface area contributed by atoms with Crippen LogP contribution in [-0.2, 0) is 4.79 Å². The van der Waals surface area contributed by atoms with Crippen molar-refractivity contribution in [2.75, 3.05) is 19.6 Å². The van der Waals surface area contributed by atoms with E-state index in [9.17, 15) is 9.18 Å². The highest BCUT2D eigenvalue weighted by atomic mass is 19.1. The standard InChI is InChI=1S/C6H11FN2O.C4H10/c7-5-1-2-9(3-5)4-6(8)10;1-4(2)3/h5H,1-4H2,(H2,8,10);4H,1-3H3/t5-;/m1./s1. The van der Waals surface area contributed by atoms with Crippen LogP contribution in [0.1, 0.15) is 27.2 Å². The van der Waals surface area contributed by atoms with Gasteiger partial charge in [-0.1, -0.05) is 20.8 Å². The predicted molar refractivity (Wildman–Crippen MR) is 55.7 cm³/mol. The second kappa shape index (κ2) is 6.76. The smallest absolute Gasteiger partial charge is 0.231 e. The fraction of sp³-hybridized carbons (Fsp3) is 0.900. The van der Waals surface area contributed by atoms with E-state index in [0.717, 1.165) is 5.92 Å². The zero-order valence-electron chi connectivity index (χ0n) is 9.29. The minimum atomic E-state index is -0.764. The molecule has 0 aromatic rings. The number of nitrogens with two attached hydrogens (primary N) is 1. The van der Waals surface area contributed by atoms with E-state index < -0.39 is 6.17 Å². The van der Waals surface area contributed by atoms with Gasteiger partial charge in [-0.05, 0) is 12.3 Å². The van der Waals surface area contributed by atoms with Crippen molar-refractivity contribution >= 4 is 5.91 Å². The first kappa shape index (κ1) is 13.4. The Kier molecular flexibility index (Phi) is 6.45. The van der Waals surface area contributed by atoms with Crippen LogP contribution in [0.2, 0.25) is 0 Å². The number of hydrogen-bond acceptors (Lipinski definition) is 2. The number of carbonyl (C=O) groups excluding carboxylic acids is 1. The van der Waals surface area contributed by atoms with E-state index >= 15 is 0 Å². The molecule has 0 saturated carbocycles. The first-order valence-electron chi connectivity index (χ1n) is 5.06. The van der Waals surface area contributed by atoms with Gasteiger partial charge >= 0.3 is 0 Å². The Bertz CT molecular complexity index is 171. The fourth-order valence-electron chi connectivity index (χ4n) is 1.15. The third-order valence-electron chi connectivity index (χ3n) is 1.59.